The van der Waals surface area contributed by atoms with Crippen molar-refractivity contribution in [3.63, 3.8) is 0 Å². The SMILES string of the molecule is CCC(CC)Cc1ccc2c(c1)Cc1ccc(CC(CC)CC)cc1N2CCC(=O)[O-].CCCC.CCCC.CC[N+](CC)(CC)CC.N. The standard InChI is InChI=1S/C28H39NO2.C8H20N.2C4H10.H3N/c1-5-20(6-2)15-22-10-12-26-25(17-22)19-24-11-9-23(16-21(7-3)8-4)18-27(24)29(26)14-13-28(30)31;1-5-9(6-2,7-3)8-4;2*1-3-4-2;/h9-12,17-18,20-21H,5-8,13-16,19H2,1-4H3,(H,30,31);5-8H2,1-4H3;2*3-4H2,1-2H3;1H3/q;+1;;;/p-1. The van der Waals surface area contributed by atoms with Gasteiger partial charge in [-0.05, 0) is 86.8 Å². The Balaban J connectivity index is 0. The van der Waals surface area contributed by atoms with Gasteiger partial charge in [-0.3, -0.25) is 0 Å². The third-order valence-electron chi connectivity index (χ3n) is 10.8. The van der Waals surface area contributed by atoms with E-state index in [-0.39, 0.29) is 12.6 Å². The highest BCUT2D eigenvalue weighted by atomic mass is 16.4. The second kappa shape index (κ2) is 28.3. The number of fused-ring (bicyclic) bond motifs is 2. The molecule has 0 aliphatic carbocycles. The summed E-state index contributed by atoms with van der Waals surface area (Å²) in [6.07, 6.45) is 13.2. The molecular formula is C44H81N3O2. The van der Waals surface area contributed by atoms with E-state index in [4.69, 9.17) is 0 Å². The first kappa shape index (κ1) is 48.7. The van der Waals surface area contributed by atoms with E-state index in [1.54, 1.807) is 0 Å². The van der Waals surface area contributed by atoms with E-state index in [0.29, 0.717) is 12.5 Å². The predicted octanol–water partition coefficient (Wildman–Crippen LogP) is 11.5. The Bertz CT molecular complexity index is 1080. The van der Waals surface area contributed by atoms with Gasteiger partial charge in [0.1, 0.15) is 0 Å². The summed E-state index contributed by atoms with van der Waals surface area (Å²) in [7, 11) is 0. The minimum atomic E-state index is -0.993. The van der Waals surface area contributed by atoms with Crippen molar-refractivity contribution in [3.8, 4) is 0 Å². The molecule has 3 rings (SSSR count). The topological polar surface area (TPSA) is 78.4 Å². The molecule has 0 radical (unpaired) electrons. The van der Waals surface area contributed by atoms with Gasteiger partial charge >= 0.3 is 0 Å². The highest BCUT2D eigenvalue weighted by Crippen LogP contribution is 2.40. The Kier molecular flexibility index (Phi) is 28.2. The van der Waals surface area contributed by atoms with Crippen molar-refractivity contribution in [2.45, 2.75) is 160 Å². The van der Waals surface area contributed by atoms with Crippen LogP contribution in [0, 0.1) is 11.8 Å². The minimum absolute atomic E-state index is 0. The molecule has 3 N–H and O–H groups in total. The first-order valence-corrected chi connectivity index (χ1v) is 20.1. The lowest BCUT2D eigenvalue weighted by Crippen LogP contribution is -2.47. The highest BCUT2D eigenvalue weighted by molar-refractivity contribution is 5.76. The molecule has 0 amide bonds. The number of unbranched alkanes of at least 4 members (excludes halogenated alkanes) is 2. The molecule has 284 valence electrons. The number of carbonyl (C=O) groups excluding carboxylic acids is 1. The van der Waals surface area contributed by atoms with Gasteiger partial charge in [-0.1, -0.05) is 131 Å². The zero-order valence-electron chi connectivity index (χ0n) is 34.6. The van der Waals surface area contributed by atoms with Gasteiger partial charge in [0, 0.05) is 36.7 Å². The van der Waals surface area contributed by atoms with Gasteiger partial charge in [0.2, 0.25) is 0 Å². The second-order valence-corrected chi connectivity index (χ2v) is 13.8. The molecule has 0 saturated heterocycles. The van der Waals surface area contributed by atoms with E-state index in [9.17, 15) is 9.90 Å². The van der Waals surface area contributed by atoms with Crippen LogP contribution >= 0.6 is 0 Å². The van der Waals surface area contributed by atoms with Gasteiger partial charge in [0.25, 0.3) is 0 Å². The molecule has 5 nitrogen and oxygen atoms in total. The molecule has 0 aromatic heterocycles. The minimum Gasteiger partial charge on any atom is -0.550 e. The lowest BCUT2D eigenvalue weighted by molar-refractivity contribution is -0.921. The molecule has 2 aromatic carbocycles. The molecule has 49 heavy (non-hydrogen) atoms. The summed E-state index contributed by atoms with van der Waals surface area (Å²) in [6, 6.07) is 13.6. The van der Waals surface area contributed by atoms with E-state index in [1.165, 1.54) is 110 Å². The van der Waals surface area contributed by atoms with Crippen molar-refractivity contribution in [1.29, 1.82) is 0 Å². The van der Waals surface area contributed by atoms with Crippen LogP contribution in [-0.2, 0) is 24.1 Å². The van der Waals surface area contributed by atoms with Crippen molar-refractivity contribution in [2.75, 3.05) is 37.6 Å². The summed E-state index contributed by atoms with van der Waals surface area (Å²) >= 11 is 0. The quantitative estimate of drug-likeness (QED) is 0.168. The summed E-state index contributed by atoms with van der Waals surface area (Å²) in [5, 5.41) is 11.3. The number of carbonyl (C=O) groups is 1. The Morgan fingerprint density at radius 2 is 1.06 bits per heavy atom. The molecule has 0 spiro atoms. The van der Waals surface area contributed by atoms with Crippen molar-refractivity contribution >= 4 is 17.3 Å². The predicted molar refractivity (Wildman–Crippen MR) is 216 cm³/mol. The molecule has 5 heteroatoms. The molecule has 0 bridgehead atoms. The third-order valence-corrected chi connectivity index (χ3v) is 10.8. The molecular weight excluding hydrogens is 603 g/mol. The largest absolute Gasteiger partial charge is 0.550 e. The fraction of sp³-hybridized carbons (Fsp3) is 0.705. The first-order valence-electron chi connectivity index (χ1n) is 20.1. The van der Waals surface area contributed by atoms with Crippen molar-refractivity contribution in [3.05, 3.63) is 58.7 Å². The number of benzene rings is 2. The van der Waals surface area contributed by atoms with Crippen LogP contribution in [0.5, 0.6) is 0 Å². The number of carboxylic acids is 1. The highest BCUT2D eigenvalue weighted by Gasteiger charge is 2.24. The number of rotatable bonds is 17. The molecule has 0 unspecified atom stereocenters. The Hall–Kier alpha value is -2.37. The summed E-state index contributed by atoms with van der Waals surface area (Å²) in [4.78, 5) is 13.5. The maximum Gasteiger partial charge on any atom is 0.0757 e. The van der Waals surface area contributed by atoms with Crippen molar-refractivity contribution < 1.29 is 14.4 Å². The molecule has 2 aromatic rings. The zero-order valence-corrected chi connectivity index (χ0v) is 34.6. The Morgan fingerprint density at radius 1 is 0.633 bits per heavy atom. The van der Waals surface area contributed by atoms with Crippen molar-refractivity contribution in [1.82, 2.24) is 6.15 Å². The number of aliphatic carboxylic acids is 1. The van der Waals surface area contributed by atoms with E-state index in [1.807, 2.05) is 0 Å². The summed E-state index contributed by atoms with van der Waals surface area (Å²) < 4.78 is 1.28. The van der Waals surface area contributed by atoms with E-state index >= 15 is 0 Å². The van der Waals surface area contributed by atoms with Crippen LogP contribution in [0.3, 0.4) is 0 Å². The van der Waals surface area contributed by atoms with Crippen LogP contribution in [0.25, 0.3) is 0 Å². The Morgan fingerprint density at radius 3 is 1.43 bits per heavy atom. The fourth-order valence-corrected chi connectivity index (χ4v) is 6.25. The number of carboxylic acid groups (broad SMARTS) is 1. The van der Waals surface area contributed by atoms with Crippen molar-refractivity contribution in [2.24, 2.45) is 11.8 Å². The number of nitrogens with zero attached hydrogens (tertiary/aromatic N) is 2. The van der Waals surface area contributed by atoms with Gasteiger partial charge in [-0.25, -0.2) is 0 Å². The maximum absolute atomic E-state index is 11.3. The van der Waals surface area contributed by atoms with Crippen LogP contribution in [-0.4, -0.2) is 43.2 Å². The maximum atomic E-state index is 11.3. The normalized spacial score (nSPS) is 11.6. The average Bonchev–Trinajstić information content (AvgIpc) is 3.12. The zero-order chi connectivity index (χ0) is 36.5. The van der Waals surface area contributed by atoms with Gasteiger partial charge in [-0.2, -0.15) is 0 Å². The van der Waals surface area contributed by atoms with E-state index in [0.717, 1.165) is 30.9 Å². The second-order valence-electron chi connectivity index (χ2n) is 13.8. The van der Waals surface area contributed by atoms with E-state index < -0.39 is 5.97 Å². The lowest BCUT2D eigenvalue weighted by Gasteiger charge is -2.34. The van der Waals surface area contributed by atoms with Crippen LogP contribution in [0.1, 0.15) is 163 Å². The molecule has 0 atom stereocenters. The summed E-state index contributed by atoms with van der Waals surface area (Å²) in [6.45, 7) is 32.4. The summed E-state index contributed by atoms with van der Waals surface area (Å²) in [5.74, 6) is 0.418. The number of hydrogen-bond acceptors (Lipinski definition) is 4. The lowest BCUT2D eigenvalue weighted by atomic mass is 9.88. The van der Waals surface area contributed by atoms with Gasteiger partial charge < -0.3 is 25.4 Å². The summed E-state index contributed by atoms with van der Waals surface area (Å²) in [5.41, 5.74) is 7.66. The number of quaternary nitrogens is 1. The smallest absolute Gasteiger partial charge is 0.0757 e. The monoisotopic (exact) mass is 684 g/mol. The third kappa shape index (κ3) is 17.4. The Labute approximate surface area is 305 Å². The van der Waals surface area contributed by atoms with Crippen LogP contribution < -0.4 is 16.2 Å². The first-order chi connectivity index (χ1) is 23.1. The van der Waals surface area contributed by atoms with Gasteiger partial charge in [0.15, 0.2) is 0 Å². The average molecular weight is 684 g/mol. The number of hydrogen-bond donors (Lipinski definition) is 1. The fourth-order valence-electron chi connectivity index (χ4n) is 6.25. The molecule has 0 saturated carbocycles. The van der Waals surface area contributed by atoms with Crippen LogP contribution in [0.15, 0.2) is 36.4 Å². The molecule has 1 aliphatic heterocycles. The van der Waals surface area contributed by atoms with E-state index in [2.05, 4.69) is 124 Å². The van der Waals surface area contributed by atoms with Gasteiger partial charge in [0.05, 0.1) is 26.2 Å². The van der Waals surface area contributed by atoms with Crippen LogP contribution in [0.2, 0.25) is 0 Å². The molecule has 1 heterocycles. The van der Waals surface area contributed by atoms with Gasteiger partial charge in [-0.15, -0.1) is 0 Å². The van der Waals surface area contributed by atoms with Crippen LogP contribution in [0.4, 0.5) is 11.4 Å². The molecule has 1 aliphatic rings. The molecule has 0 fully saturated rings. The number of anilines is 2.